The molecule has 0 fully saturated rings. The van der Waals surface area contributed by atoms with Gasteiger partial charge in [0.25, 0.3) is 0 Å². The van der Waals surface area contributed by atoms with Gasteiger partial charge < -0.3 is 61.6 Å². The van der Waals surface area contributed by atoms with Gasteiger partial charge in [-0.1, -0.05) is 75.8 Å². The lowest BCUT2D eigenvalue weighted by Gasteiger charge is -2.13. The second kappa shape index (κ2) is 48.4. The Morgan fingerprint density at radius 2 is 0.616 bits per heavy atom. The Bertz CT molecular complexity index is 3540. The van der Waals surface area contributed by atoms with Crippen LogP contribution >= 0.6 is 0 Å². The van der Waals surface area contributed by atoms with Crippen LogP contribution in [0, 0.1) is 6.92 Å². The van der Waals surface area contributed by atoms with Gasteiger partial charge in [-0.15, -0.1) is 0 Å². The fourth-order valence-electron chi connectivity index (χ4n) is 8.00. The summed E-state index contributed by atoms with van der Waals surface area (Å²) in [4.78, 5) is 109. The Hall–Kier alpha value is -11.3. The molecule has 0 saturated heterocycles. The van der Waals surface area contributed by atoms with E-state index in [1.807, 2.05) is 6.92 Å². The molecule has 0 aliphatic heterocycles. The average molecular weight is 1370 g/mol. The number of ether oxygens (including phenoxy) is 13. The van der Waals surface area contributed by atoms with Crippen LogP contribution in [-0.4, -0.2) is 100 Å². The van der Waals surface area contributed by atoms with Gasteiger partial charge in [-0.3, -0.25) is 0 Å². The lowest BCUT2D eigenvalue weighted by Crippen LogP contribution is -2.14. The average Bonchev–Trinajstić information content (AvgIpc) is 0.832. The summed E-state index contributed by atoms with van der Waals surface area (Å²) >= 11 is 0. The summed E-state index contributed by atoms with van der Waals surface area (Å²) in [6, 6.07) is 33.8. The fraction of sp³-hybridized carbons (Fsp3) is 0.312. The van der Waals surface area contributed by atoms with Gasteiger partial charge in [0.2, 0.25) is 13.6 Å². The molecule has 22 nitrogen and oxygen atoms in total. The summed E-state index contributed by atoms with van der Waals surface area (Å²) < 4.78 is 68.9. The minimum atomic E-state index is -0.721. The highest BCUT2D eigenvalue weighted by atomic mass is 16.7. The molecule has 0 amide bonds. The Morgan fingerprint density at radius 3 is 0.990 bits per heavy atom. The summed E-state index contributed by atoms with van der Waals surface area (Å²) in [7, 11) is 0. The highest BCUT2D eigenvalue weighted by molar-refractivity contribution is 5.98. The van der Waals surface area contributed by atoms with Crippen LogP contribution in [0.25, 0.3) is 0 Å². The summed E-state index contributed by atoms with van der Waals surface area (Å²) in [5, 5.41) is 0. The first-order valence-electron chi connectivity index (χ1n) is 30.4. The third kappa shape index (κ3) is 32.3. The molecule has 0 aliphatic carbocycles. The van der Waals surface area contributed by atoms with Crippen LogP contribution in [0.5, 0.6) is 46.0 Å². The van der Waals surface area contributed by atoms with Crippen molar-refractivity contribution < 1.29 is 105 Å². The van der Waals surface area contributed by atoms with Crippen molar-refractivity contribution in [1.29, 1.82) is 0 Å². The van der Waals surface area contributed by atoms with E-state index in [0.29, 0.717) is 61.4 Å². The van der Waals surface area contributed by atoms with Crippen molar-refractivity contribution in [3.63, 3.8) is 0 Å². The Balaban J connectivity index is 0.00000101. The van der Waals surface area contributed by atoms with Crippen molar-refractivity contribution in [2.45, 2.75) is 114 Å². The molecule has 6 aromatic rings. The maximum Gasteiger partial charge on any atom is 0.343 e. The number of hydrogen-bond acceptors (Lipinski definition) is 22. The maximum absolute atomic E-state index is 13.2. The Kier molecular flexibility index (Phi) is 41.9. The molecule has 0 unspecified atom stereocenters. The zero-order valence-corrected chi connectivity index (χ0v) is 53.0. The molecule has 0 atom stereocenters. The number of carbonyl (C=O) groups is 9. The number of benzene rings is 6. The van der Waals surface area contributed by atoms with Crippen LogP contribution in [0.1, 0.15) is 165 Å². The van der Waals surface area contributed by atoms with Gasteiger partial charge in [0.05, 0.1) is 55.3 Å². The number of carbonyl (C=O) groups excluding carboxylic acids is 9. The Labute approximate surface area is 580 Å². The minimum absolute atomic E-state index is 0. The first kappa shape index (κ1) is 85.7. The Morgan fingerprint density at radius 1 is 0.313 bits per heavy atom. The van der Waals surface area contributed by atoms with E-state index in [1.54, 1.807) is 61.5 Å². The number of hydrogen-bond donors (Lipinski definition) is 0. The normalized spacial score (nSPS) is 9.84. The zero-order valence-electron chi connectivity index (χ0n) is 53.0. The van der Waals surface area contributed by atoms with Gasteiger partial charge >= 0.3 is 53.7 Å². The van der Waals surface area contributed by atoms with Crippen molar-refractivity contribution in [2.75, 3.05) is 46.6 Å². The van der Waals surface area contributed by atoms with Crippen molar-refractivity contribution in [2.24, 2.45) is 0 Å². The highest BCUT2D eigenvalue weighted by Crippen LogP contribution is 2.29. The van der Waals surface area contributed by atoms with Crippen LogP contribution in [0.15, 0.2) is 184 Å². The highest BCUT2D eigenvalue weighted by Gasteiger charge is 2.22. The summed E-state index contributed by atoms with van der Waals surface area (Å²) in [5.41, 5.74) is 1.54. The van der Waals surface area contributed by atoms with E-state index in [0.717, 1.165) is 88.5 Å². The molecule has 0 radical (unpaired) electrons. The molecule has 0 spiro atoms. The summed E-state index contributed by atoms with van der Waals surface area (Å²) in [5.74, 6) is -2.85. The smallest absolute Gasteiger partial charge is 0.343 e. The van der Waals surface area contributed by atoms with Crippen LogP contribution < -0.4 is 37.9 Å². The van der Waals surface area contributed by atoms with Crippen molar-refractivity contribution >= 4 is 53.7 Å². The molecule has 532 valence electrons. The predicted molar refractivity (Wildman–Crippen MR) is 374 cm³/mol. The van der Waals surface area contributed by atoms with Gasteiger partial charge in [0.15, 0.2) is 0 Å². The molecule has 0 bridgehead atoms. The minimum Gasteiger partial charge on any atom is -0.494 e. The van der Waals surface area contributed by atoms with E-state index in [4.69, 9.17) is 61.6 Å². The molecule has 0 saturated carbocycles. The summed E-state index contributed by atoms with van der Waals surface area (Å²) in [6.45, 7) is 18.3. The van der Waals surface area contributed by atoms with Crippen LogP contribution in [0.4, 0.5) is 0 Å². The molecule has 99 heavy (non-hydrogen) atoms. The van der Waals surface area contributed by atoms with E-state index in [9.17, 15) is 43.2 Å². The topological polar surface area (TPSA) is 274 Å². The monoisotopic (exact) mass is 1370 g/mol. The van der Waals surface area contributed by atoms with Crippen LogP contribution in [-0.2, 0) is 42.9 Å². The maximum atomic E-state index is 13.2. The molecule has 6 rings (SSSR count). The second-order valence-electron chi connectivity index (χ2n) is 20.2. The molecule has 22 heteroatoms. The molecule has 0 aromatic heterocycles. The van der Waals surface area contributed by atoms with Gasteiger partial charge in [-0.05, 0) is 204 Å². The lowest BCUT2D eigenvalue weighted by molar-refractivity contribution is -0.145. The SMILES string of the molecule is C.C.C.C.C=CC(=O)OCCCCCCOc1ccc(C(=O)Oc2ccc(OC(=O)c3ccc(OCCCCCCOC(=O)C=C)cc3)c(C(=O)OCCCCC)c2)cc1.C=CC(=O)OCOc1ccc(C(=O)Oc2ccc(OC(=O)c3ccc(OCOC(=O)C=C)cc3)c(C)c2)cc1. The molecule has 6 aromatic carbocycles. The molecular weight excluding hydrogens is 1280 g/mol. The number of rotatable bonds is 39. The van der Waals surface area contributed by atoms with E-state index in [2.05, 4.69) is 26.3 Å². The van der Waals surface area contributed by atoms with Gasteiger partial charge in [0.1, 0.15) is 51.6 Å². The van der Waals surface area contributed by atoms with E-state index >= 15 is 0 Å². The first-order valence-corrected chi connectivity index (χ1v) is 30.4. The van der Waals surface area contributed by atoms with Crippen LogP contribution in [0.3, 0.4) is 0 Å². The van der Waals surface area contributed by atoms with Crippen molar-refractivity contribution in [3.8, 4) is 46.0 Å². The lowest BCUT2D eigenvalue weighted by atomic mass is 10.1. The third-order valence-electron chi connectivity index (χ3n) is 13.1. The largest absolute Gasteiger partial charge is 0.494 e. The molecule has 0 heterocycles. The van der Waals surface area contributed by atoms with Crippen molar-refractivity contribution in [1.82, 2.24) is 0 Å². The number of unbranched alkanes of at least 4 members (excludes halogenated alkanes) is 8. The van der Waals surface area contributed by atoms with Gasteiger partial charge in [0, 0.05) is 24.3 Å². The van der Waals surface area contributed by atoms with Crippen molar-refractivity contribution in [3.05, 3.63) is 217 Å². The molecular formula is C77H92O22. The van der Waals surface area contributed by atoms with Crippen LogP contribution in [0.2, 0.25) is 0 Å². The fourth-order valence-corrected chi connectivity index (χ4v) is 8.00. The quantitative estimate of drug-likeness (QED) is 0.00866. The standard InChI is InChI=1S/C44H52O12.C29H24O10.4CH4/c1-4-7-12-31-54-44(49)38-32-37(55-42(47)33-17-21-35(22-18-33)50-27-13-8-10-15-29-52-40(45)5-2)25-26-39(38)56-43(48)34-19-23-36(24-20-34)51-28-14-9-11-16-30-53-41(46)6-3;1-4-26(30)36-17-34-22-10-6-20(7-11-22)28(32)38-24-14-15-25(19(3)16-24)39-29(33)21-8-12-23(13-9-21)35-18-37-27(31)5-2;;;;/h5-6,17-26,32H,2-4,7-16,27-31H2,1H3;4-16H,1-2,17-18H2,3H3;4*1H4. The predicted octanol–water partition coefficient (Wildman–Crippen LogP) is 15.9. The van der Waals surface area contributed by atoms with E-state index < -0.39 is 53.7 Å². The van der Waals surface area contributed by atoms with E-state index in [-0.39, 0.29) is 101 Å². The molecule has 0 N–H and O–H groups in total. The second-order valence-corrected chi connectivity index (χ2v) is 20.2. The van der Waals surface area contributed by atoms with Gasteiger partial charge in [-0.25, -0.2) is 43.2 Å². The first-order chi connectivity index (χ1) is 46.0. The number of esters is 9. The van der Waals surface area contributed by atoms with Gasteiger partial charge in [-0.2, -0.15) is 0 Å². The summed E-state index contributed by atoms with van der Waals surface area (Å²) in [6.07, 6.45) is 13.6. The van der Waals surface area contributed by atoms with E-state index in [1.165, 1.54) is 78.9 Å². The number of aryl methyl sites for hydroxylation is 1. The third-order valence-corrected chi connectivity index (χ3v) is 13.1. The molecule has 0 aliphatic rings. The zero-order chi connectivity index (χ0) is 68.6.